The molecule has 2 N–H and O–H groups in total. The van der Waals surface area contributed by atoms with Crippen molar-refractivity contribution in [2.24, 2.45) is 11.8 Å². The molecule has 0 aromatic heterocycles. The van der Waals surface area contributed by atoms with Gasteiger partial charge in [0.15, 0.2) is 0 Å². The number of carbonyl (C=O) groups excluding carboxylic acids is 2. The summed E-state index contributed by atoms with van der Waals surface area (Å²) in [6, 6.07) is 0. The Morgan fingerprint density at radius 3 is 2.57 bits per heavy atom. The molecule has 0 aromatic rings. The molecule has 0 saturated heterocycles. The fourth-order valence-electron chi connectivity index (χ4n) is 3.10. The summed E-state index contributed by atoms with van der Waals surface area (Å²) in [5.41, 5.74) is 0.811. The number of rotatable bonds is 4. The normalized spacial score (nSPS) is 32.8. The lowest BCUT2D eigenvalue weighted by Crippen LogP contribution is -2.30. The lowest BCUT2D eigenvalue weighted by molar-refractivity contribution is -0.151. The van der Waals surface area contributed by atoms with Crippen molar-refractivity contribution in [3.05, 3.63) is 36.0 Å². The predicted octanol–water partition coefficient (Wildman–Crippen LogP) is 3.09. The van der Waals surface area contributed by atoms with Crippen molar-refractivity contribution in [1.82, 2.24) is 0 Å². The summed E-state index contributed by atoms with van der Waals surface area (Å²) in [4.78, 5) is 23.7. The molecule has 1 aliphatic heterocycles. The van der Waals surface area contributed by atoms with E-state index >= 15 is 0 Å². The van der Waals surface area contributed by atoms with E-state index in [0.29, 0.717) is 12.8 Å². The van der Waals surface area contributed by atoms with E-state index in [1.165, 1.54) is 6.92 Å². The number of hydrogen-bond acceptors (Lipinski definition) is 6. The summed E-state index contributed by atoms with van der Waals surface area (Å²) in [5, 5.41) is 19.5. The van der Waals surface area contributed by atoms with Crippen LogP contribution in [0.25, 0.3) is 0 Å². The molecule has 0 aliphatic carbocycles. The van der Waals surface area contributed by atoms with Crippen LogP contribution in [-0.2, 0) is 19.1 Å². The van der Waals surface area contributed by atoms with Crippen LogP contribution in [0.15, 0.2) is 36.0 Å². The van der Waals surface area contributed by atoms with Crippen LogP contribution in [0.1, 0.15) is 53.9 Å². The number of ether oxygens (including phenoxy) is 2. The Morgan fingerprint density at radius 2 is 1.96 bits per heavy atom. The Labute approximate surface area is 167 Å². The molecule has 1 aliphatic rings. The second-order valence-electron chi connectivity index (χ2n) is 7.68. The monoisotopic (exact) mass is 394 g/mol. The van der Waals surface area contributed by atoms with E-state index in [0.717, 1.165) is 5.57 Å². The molecule has 6 atom stereocenters. The Hall–Kier alpha value is -1.92. The molecule has 0 aromatic carbocycles. The molecule has 0 fully saturated rings. The van der Waals surface area contributed by atoms with Gasteiger partial charge in [-0.3, -0.25) is 9.59 Å². The number of hydrogen-bond donors (Lipinski definition) is 2. The van der Waals surface area contributed by atoms with E-state index < -0.39 is 30.4 Å². The van der Waals surface area contributed by atoms with Gasteiger partial charge in [0, 0.05) is 12.8 Å². The second-order valence-corrected chi connectivity index (χ2v) is 7.68. The number of cyclic esters (lactones) is 1. The molecule has 28 heavy (non-hydrogen) atoms. The summed E-state index contributed by atoms with van der Waals surface area (Å²) < 4.78 is 11.1. The largest absolute Gasteiger partial charge is 0.458 e. The molecular formula is C22H34O6. The average molecular weight is 395 g/mol. The molecule has 1 heterocycles. The lowest BCUT2D eigenvalue weighted by atomic mass is 9.92. The summed E-state index contributed by atoms with van der Waals surface area (Å²) in [6.07, 6.45) is 7.56. The van der Waals surface area contributed by atoms with E-state index in [9.17, 15) is 19.8 Å². The van der Waals surface area contributed by atoms with Gasteiger partial charge in [0.1, 0.15) is 12.2 Å². The molecule has 6 unspecified atom stereocenters. The van der Waals surface area contributed by atoms with Crippen molar-refractivity contribution >= 4 is 11.9 Å². The molecule has 0 spiro atoms. The zero-order chi connectivity index (χ0) is 21.3. The van der Waals surface area contributed by atoms with Crippen molar-refractivity contribution in [2.75, 3.05) is 0 Å². The zero-order valence-electron chi connectivity index (χ0n) is 17.5. The third kappa shape index (κ3) is 8.85. The van der Waals surface area contributed by atoms with Crippen molar-refractivity contribution in [3.8, 4) is 0 Å². The Kier molecular flexibility index (Phi) is 10.2. The Balaban J connectivity index is 3.14. The van der Waals surface area contributed by atoms with Crippen LogP contribution in [0, 0.1) is 11.8 Å². The topological polar surface area (TPSA) is 93.1 Å². The van der Waals surface area contributed by atoms with Crippen LogP contribution < -0.4 is 0 Å². The first-order chi connectivity index (χ1) is 13.1. The van der Waals surface area contributed by atoms with E-state index in [2.05, 4.69) is 0 Å². The minimum atomic E-state index is -0.799. The van der Waals surface area contributed by atoms with Crippen LogP contribution in [0.5, 0.6) is 0 Å². The van der Waals surface area contributed by atoms with Gasteiger partial charge in [0.2, 0.25) is 0 Å². The minimum absolute atomic E-state index is 0.0153. The number of aliphatic hydroxyl groups is 2. The number of aliphatic hydroxyl groups excluding tert-OH is 2. The van der Waals surface area contributed by atoms with Gasteiger partial charge in [-0.05, 0) is 44.3 Å². The van der Waals surface area contributed by atoms with Crippen LogP contribution in [0.4, 0.5) is 0 Å². The highest BCUT2D eigenvalue weighted by Gasteiger charge is 2.26. The van der Waals surface area contributed by atoms with E-state index in [4.69, 9.17) is 9.47 Å². The fraction of sp³-hybridized carbons (Fsp3) is 0.636. The van der Waals surface area contributed by atoms with Gasteiger partial charge in [-0.15, -0.1) is 0 Å². The summed E-state index contributed by atoms with van der Waals surface area (Å²) >= 11 is 0. The fourth-order valence-corrected chi connectivity index (χ4v) is 3.10. The minimum Gasteiger partial charge on any atom is -0.458 e. The van der Waals surface area contributed by atoms with Gasteiger partial charge >= 0.3 is 11.9 Å². The number of esters is 2. The van der Waals surface area contributed by atoms with Crippen LogP contribution in [0.3, 0.4) is 0 Å². The van der Waals surface area contributed by atoms with Gasteiger partial charge in [-0.1, -0.05) is 38.2 Å². The summed E-state index contributed by atoms with van der Waals surface area (Å²) in [5.74, 6) is -0.956. The van der Waals surface area contributed by atoms with Crippen molar-refractivity contribution in [2.45, 2.75) is 78.3 Å². The molecule has 1 rings (SSSR count). The first-order valence-corrected chi connectivity index (χ1v) is 9.86. The SMILES string of the molecule is CC(=O)OC1/C=C/C(C)C(/C(C)=C/C=C/C(C)O)OC(=O)CC(O)CCC1C. The van der Waals surface area contributed by atoms with Crippen molar-refractivity contribution in [3.63, 3.8) is 0 Å². The summed E-state index contributed by atoms with van der Waals surface area (Å²) in [7, 11) is 0. The highest BCUT2D eigenvalue weighted by Crippen LogP contribution is 2.24. The zero-order valence-corrected chi connectivity index (χ0v) is 17.5. The molecule has 6 nitrogen and oxygen atoms in total. The van der Waals surface area contributed by atoms with Crippen LogP contribution in [0.2, 0.25) is 0 Å². The number of allylic oxidation sites excluding steroid dienone is 2. The highest BCUT2D eigenvalue weighted by molar-refractivity contribution is 5.70. The standard InChI is InChI=1S/C22H34O6/c1-14-9-11-19(25)13-21(26)28-22(15(2)7-6-8-17(4)23)16(3)10-12-20(14)27-18(5)24/h6-8,10,12,14,16-17,19-20,22-23,25H,9,11,13H2,1-5H3/b8-6+,12-10+,15-7+. The van der Waals surface area contributed by atoms with Crippen LogP contribution in [-0.4, -0.2) is 46.6 Å². The lowest BCUT2D eigenvalue weighted by Gasteiger charge is -2.27. The maximum atomic E-state index is 12.3. The van der Waals surface area contributed by atoms with E-state index in [1.807, 2.05) is 32.9 Å². The van der Waals surface area contributed by atoms with Gasteiger partial charge in [0.25, 0.3) is 0 Å². The quantitative estimate of drug-likeness (QED) is 0.432. The second kappa shape index (κ2) is 11.8. The van der Waals surface area contributed by atoms with Crippen LogP contribution >= 0.6 is 0 Å². The average Bonchev–Trinajstić information content (AvgIpc) is 2.59. The van der Waals surface area contributed by atoms with Crippen molar-refractivity contribution in [1.29, 1.82) is 0 Å². The van der Waals surface area contributed by atoms with Gasteiger partial charge in [0.05, 0.1) is 18.6 Å². The molecule has 6 heteroatoms. The molecule has 0 bridgehead atoms. The Bertz CT molecular complexity index is 604. The molecule has 0 amide bonds. The Morgan fingerprint density at radius 1 is 1.29 bits per heavy atom. The third-order valence-corrected chi connectivity index (χ3v) is 4.76. The first kappa shape index (κ1) is 24.1. The number of carbonyl (C=O) groups is 2. The molecule has 0 saturated carbocycles. The maximum absolute atomic E-state index is 12.3. The molecular weight excluding hydrogens is 360 g/mol. The van der Waals surface area contributed by atoms with Gasteiger partial charge < -0.3 is 19.7 Å². The third-order valence-electron chi connectivity index (χ3n) is 4.76. The summed E-state index contributed by atoms with van der Waals surface area (Å²) in [6.45, 7) is 8.76. The van der Waals surface area contributed by atoms with Gasteiger partial charge in [-0.25, -0.2) is 0 Å². The van der Waals surface area contributed by atoms with E-state index in [1.54, 1.807) is 25.2 Å². The van der Waals surface area contributed by atoms with Crippen molar-refractivity contribution < 1.29 is 29.3 Å². The highest BCUT2D eigenvalue weighted by atomic mass is 16.5. The smallest absolute Gasteiger partial charge is 0.309 e. The maximum Gasteiger partial charge on any atom is 0.309 e. The first-order valence-electron chi connectivity index (χ1n) is 9.86. The van der Waals surface area contributed by atoms with E-state index in [-0.39, 0.29) is 24.2 Å². The van der Waals surface area contributed by atoms with Gasteiger partial charge in [-0.2, -0.15) is 0 Å². The molecule has 158 valence electrons. The molecule has 0 radical (unpaired) electrons. The predicted molar refractivity (Wildman–Crippen MR) is 107 cm³/mol.